The smallest absolute Gasteiger partial charge is 0.251 e. The molecule has 0 atom stereocenters. The number of sulfonamides is 1. The Morgan fingerprint density at radius 2 is 1.83 bits per heavy atom. The van der Waals surface area contributed by atoms with Crippen molar-refractivity contribution in [3.05, 3.63) is 42.2 Å². The minimum Gasteiger partial charge on any atom is -0.367 e. The number of anilines is 4. The van der Waals surface area contributed by atoms with Crippen molar-refractivity contribution in [3.8, 4) is 0 Å². The molecule has 0 aromatic carbocycles. The first-order valence-corrected chi connectivity index (χ1v) is 11.1. The zero-order valence-electron chi connectivity index (χ0n) is 16.2. The molecule has 0 aliphatic rings. The normalized spacial score (nSPS) is 11.1. The lowest BCUT2D eigenvalue weighted by Gasteiger charge is -2.08. The third-order valence-corrected chi connectivity index (χ3v) is 6.43. The standard InChI is InChI=1S/C17H20N8O3S2/c1-11-5-6-18-15(9-11)23-14-4-3-13(24-25-14)19-7-8-21-30(27,28)16-10-20-17(29-16)22-12(2)26/h3-6,9-10,21H,7-8H2,1-2H3,(H,19,24)(H,18,23,25)(H,20,22,26). The van der Waals surface area contributed by atoms with Crippen molar-refractivity contribution in [2.45, 2.75) is 18.1 Å². The average molecular weight is 449 g/mol. The number of hydrogen-bond donors (Lipinski definition) is 4. The lowest BCUT2D eigenvalue weighted by Crippen LogP contribution is -2.28. The van der Waals surface area contributed by atoms with Gasteiger partial charge in [-0.05, 0) is 36.8 Å². The molecule has 0 aliphatic heterocycles. The Bertz CT molecular complexity index is 1120. The summed E-state index contributed by atoms with van der Waals surface area (Å²) in [6, 6.07) is 7.25. The van der Waals surface area contributed by atoms with Crippen molar-refractivity contribution < 1.29 is 13.2 Å². The van der Waals surface area contributed by atoms with Gasteiger partial charge in [0, 0.05) is 26.2 Å². The average Bonchev–Trinajstić information content (AvgIpc) is 3.15. The van der Waals surface area contributed by atoms with Crippen molar-refractivity contribution >= 4 is 49.9 Å². The zero-order chi connectivity index (χ0) is 21.6. The molecule has 4 N–H and O–H groups in total. The number of aryl methyl sites for hydroxylation is 1. The van der Waals surface area contributed by atoms with E-state index in [1.54, 1.807) is 18.3 Å². The minimum absolute atomic E-state index is 0.0197. The molecule has 158 valence electrons. The maximum atomic E-state index is 12.3. The van der Waals surface area contributed by atoms with Crippen molar-refractivity contribution in [1.29, 1.82) is 0 Å². The third-order valence-electron chi connectivity index (χ3n) is 3.59. The molecule has 0 radical (unpaired) electrons. The monoisotopic (exact) mass is 448 g/mol. The summed E-state index contributed by atoms with van der Waals surface area (Å²) >= 11 is 0.877. The molecule has 0 saturated heterocycles. The van der Waals surface area contributed by atoms with E-state index in [0.717, 1.165) is 16.9 Å². The lowest BCUT2D eigenvalue weighted by molar-refractivity contribution is -0.114. The Hall–Kier alpha value is -3.16. The van der Waals surface area contributed by atoms with Crippen LogP contribution < -0.4 is 20.7 Å². The van der Waals surface area contributed by atoms with Crippen molar-refractivity contribution in [3.63, 3.8) is 0 Å². The van der Waals surface area contributed by atoms with E-state index in [9.17, 15) is 13.2 Å². The van der Waals surface area contributed by atoms with E-state index in [1.165, 1.54) is 13.1 Å². The van der Waals surface area contributed by atoms with Gasteiger partial charge in [-0.3, -0.25) is 4.79 Å². The summed E-state index contributed by atoms with van der Waals surface area (Å²) in [4.78, 5) is 19.1. The SMILES string of the molecule is CC(=O)Nc1ncc(S(=O)(=O)NCCNc2ccc(Nc3cc(C)ccn3)nn2)s1. The van der Waals surface area contributed by atoms with Crippen molar-refractivity contribution in [2.24, 2.45) is 0 Å². The Morgan fingerprint density at radius 1 is 1.07 bits per heavy atom. The molecule has 3 rings (SSSR count). The maximum absolute atomic E-state index is 12.3. The number of carbonyl (C=O) groups excluding carboxylic acids is 1. The molecule has 0 spiro atoms. The number of amides is 1. The van der Waals surface area contributed by atoms with Gasteiger partial charge in [0.25, 0.3) is 10.0 Å². The predicted molar refractivity (Wildman–Crippen MR) is 114 cm³/mol. The van der Waals surface area contributed by atoms with Crippen LogP contribution in [0.25, 0.3) is 0 Å². The summed E-state index contributed by atoms with van der Waals surface area (Å²) in [5.41, 5.74) is 1.07. The largest absolute Gasteiger partial charge is 0.367 e. The maximum Gasteiger partial charge on any atom is 0.251 e. The highest BCUT2D eigenvalue weighted by molar-refractivity contribution is 7.91. The van der Waals surface area contributed by atoms with Gasteiger partial charge in [-0.2, -0.15) is 0 Å². The van der Waals surface area contributed by atoms with E-state index in [-0.39, 0.29) is 21.8 Å². The number of rotatable bonds is 9. The minimum atomic E-state index is -3.71. The first kappa shape index (κ1) is 21.5. The van der Waals surface area contributed by atoms with E-state index in [1.807, 2.05) is 19.1 Å². The Balaban J connectivity index is 1.46. The van der Waals surface area contributed by atoms with Gasteiger partial charge in [0.15, 0.2) is 15.2 Å². The summed E-state index contributed by atoms with van der Waals surface area (Å²) in [7, 11) is -3.71. The fourth-order valence-corrected chi connectivity index (χ4v) is 4.42. The fraction of sp³-hybridized carbons (Fsp3) is 0.235. The molecule has 0 fully saturated rings. The third kappa shape index (κ3) is 6.17. The van der Waals surface area contributed by atoms with Crippen LogP contribution in [0.3, 0.4) is 0 Å². The molecule has 30 heavy (non-hydrogen) atoms. The van der Waals surface area contributed by atoms with E-state index in [2.05, 4.69) is 40.8 Å². The van der Waals surface area contributed by atoms with Gasteiger partial charge in [-0.1, -0.05) is 11.3 Å². The highest BCUT2D eigenvalue weighted by Gasteiger charge is 2.17. The second kappa shape index (κ2) is 9.56. The highest BCUT2D eigenvalue weighted by Crippen LogP contribution is 2.22. The van der Waals surface area contributed by atoms with Gasteiger partial charge in [-0.25, -0.2) is 23.1 Å². The zero-order valence-corrected chi connectivity index (χ0v) is 17.8. The van der Waals surface area contributed by atoms with Crippen LogP contribution in [0.2, 0.25) is 0 Å². The van der Waals surface area contributed by atoms with Crippen LogP contribution in [-0.2, 0) is 14.8 Å². The van der Waals surface area contributed by atoms with E-state index >= 15 is 0 Å². The molecule has 11 nitrogen and oxygen atoms in total. The topological polar surface area (TPSA) is 151 Å². The Morgan fingerprint density at radius 3 is 2.53 bits per heavy atom. The number of hydrogen-bond acceptors (Lipinski definition) is 10. The first-order valence-electron chi connectivity index (χ1n) is 8.82. The molecule has 0 unspecified atom stereocenters. The molecule has 0 aliphatic carbocycles. The van der Waals surface area contributed by atoms with E-state index in [4.69, 9.17) is 0 Å². The second-order valence-corrected chi connectivity index (χ2v) is 9.16. The van der Waals surface area contributed by atoms with Crippen LogP contribution in [0.4, 0.5) is 22.6 Å². The van der Waals surface area contributed by atoms with Gasteiger partial charge in [0.2, 0.25) is 5.91 Å². The number of nitrogens with one attached hydrogen (secondary N) is 4. The highest BCUT2D eigenvalue weighted by atomic mass is 32.2. The molecular weight excluding hydrogens is 428 g/mol. The van der Waals surface area contributed by atoms with E-state index < -0.39 is 10.0 Å². The molecule has 0 saturated carbocycles. The summed E-state index contributed by atoms with van der Waals surface area (Å²) < 4.78 is 27.0. The summed E-state index contributed by atoms with van der Waals surface area (Å²) in [5.74, 6) is 1.40. The quantitative estimate of drug-likeness (QED) is 0.359. The lowest BCUT2D eigenvalue weighted by atomic mass is 10.3. The number of nitrogens with zero attached hydrogens (tertiary/aromatic N) is 4. The van der Waals surface area contributed by atoms with Crippen LogP contribution in [0.1, 0.15) is 12.5 Å². The van der Waals surface area contributed by atoms with Gasteiger partial charge in [0.05, 0.1) is 6.20 Å². The van der Waals surface area contributed by atoms with Crippen molar-refractivity contribution in [1.82, 2.24) is 24.9 Å². The van der Waals surface area contributed by atoms with Crippen LogP contribution in [-0.4, -0.2) is 47.6 Å². The van der Waals surface area contributed by atoms with Crippen LogP contribution in [0.15, 0.2) is 40.9 Å². The van der Waals surface area contributed by atoms with Gasteiger partial charge in [0.1, 0.15) is 11.6 Å². The first-order chi connectivity index (χ1) is 14.3. The molecule has 3 heterocycles. The Labute approximate surface area is 177 Å². The predicted octanol–water partition coefficient (Wildman–Crippen LogP) is 1.73. The number of aromatic nitrogens is 4. The van der Waals surface area contributed by atoms with Gasteiger partial charge >= 0.3 is 0 Å². The molecule has 13 heteroatoms. The van der Waals surface area contributed by atoms with E-state index in [0.29, 0.717) is 24.0 Å². The molecular formula is C17H20N8O3S2. The summed E-state index contributed by atoms with van der Waals surface area (Å²) in [6.45, 7) is 3.73. The molecule has 3 aromatic rings. The molecule has 0 bridgehead atoms. The Kier molecular flexibility index (Phi) is 6.87. The second-order valence-electron chi connectivity index (χ2n) is 6.14. The summed E-state index contributed by atoms with van der Waals surface area (Å²) in [6.07, 6.45) is 2.90. The number of carbonyl (C=O) groups is 1. The van der Waals surface area contributed by atoms with Crippen LogP contribution in [0.5, 0.6) is 0 Å². The van der Waals surface area contributed by atoms with Crippen molar-refractivity contribution in [2.75, 3.05) is 29.0 Å². The van der Waals surface area contributed by atoms with Gasteiger partial charge in [-0.15, -0.1) is 10.2 Å². The summed E-state index contributed by atoms with van der Waals surface area (Å²) in [5, 5.41) is 16.8. The fourth-order valence-electron chi connectivity index (χ4n) is 2.27. The number of pyridine rings is 1. The number of thiazole rings is 1. The molecule has 3 aromatic heterocycles. The molecule has 1 amide bonds. The van der Waals surface area contributed by atoms with Crippen LogP contribution in [0, 0.1) is 6.92 Å². The van der Waals surface area contributed by atoms with Gasteiger partial charge < -0.3 is 16.0 Å². The van der Waals surface area contributed by atoms with Crippen LogP contribution >= 0.6 is 11.3 Å².